The van der Waals surface area contributed by atoms with Crippen LogP contribution in [-0.4, -0.2) is 26.4 Å². The summed E-state index contributed by atoms with van der Waals surface area (Å²) in [4.78, 5) is 12.2. The number of para-hydroxylation sites is 1. The average Bonchev–Trinajstić information content (AvgIpc) is 3.13. The molecule has 1 unspecified atom stereocenters. The van der Waals surface area contributed by atoms with Gasteiger partial charge in [-0.1, -0.05) is 30.0 Å². The third-order valence-electron chi connectivity index (χ3n) is 4.10. The van der Waals surface area contributed by atoms with Crippen molar-refractivity contribution in [2.45, 2.75) is 24.7 Å². The molecule has 162 valence electrons. The van der Waals surface area contributed by atoms with Crippen molar-refractivity contribution in [1.82, 2.24) is 14.8 Å². The molecule has 2 aromatic carbocycles. The van der Waals surface area contributed by atoms with Crippen LogP contribution >= 0.6 is 11.8 Å². The molecule has 0 spiro atoms. The Morgan fingerprint density at radius 2 is 2.00 bits per heavy atom. The van der Waals surface area contributed by atoms with Crippen molar-refractivity contribution in [3.63, 3.8) is 0 Å². The van der Waals surface area contributed by atoms with E-state index in [2.05, 4.69) is 22.1 Å². The van der Waals surface area contributed by atoms with Gasteiger partial charge in [-0.25, -0.2) is 13.2 Å². The van der Waals surface area contributed by atoms with Crippen molar-refractivity contribution in [3.05, 3.63) is 78.4 Å². The quantitative estimate of drug-likeness (QED) is 0.378. The van der Waals surface area contributed by atoms with E-state index < -0.39 is 29.5 Å². The number of halogens is 3. The van der Waals surface area contributed by atoms with Gasteiger partial charge < -0.3 is 10.1 Å². The third-order valence-corrected chi connectivity index (χ3v) is 5.07. The Kier molecular flexibility index (Phi) is 7.35. The first kappa shape index (κ1) is 22.4. The maximum atomic E-state index is 13.9. The van der Waals surface area contributed by atoms with E-state index in [0.29, 0.717) is 17.5 Å². The van der Waals surface area contributed by atoms with Gasteiger partial charge in [0, 0.05) is 12.6 Å². The Hall–Kier alpha value is -3.27. The topological polar surface area (TPSA) is 69.0 Å². The number of carbonyl (C=O) groups is 1. The van der Waals surface area contributed by atoms with Crippen LogP contribution in [0.2, 0.25) is 0 Å². The summed E-state index contributed by atoms with van der Waals surface area (Å²) in [6.07, 6.45) is 0.899. The largest absolute Gasteiger partial charge is 0.480 e. The molecule has 3 rings (SSSR count). The Balaban J connectivity index is 1.70. The van der Waals surface area contributed by atoms with Gasteiger partial charge >= 0.3 is 0 Å². The van der Waals surface area contributed by atoms with Crippen LogP contribution in [0.3, 0.4) is 0 Å². The van der Waals surface area contributed by atoms with E-state index in [1.807, 2.05) is 0 Å². The predicted octanol–water partition coefficient (Wildman–Crippen LogP) is 4.75. The molecule has 3 aromatic rings. The first-order valence-electron chi connectivity index (χ1n) is 9.22. The second-order valence-electron chi connectivity index (χ2n) is 6.39. The highest BCUT2D eigenvalue weighted by Crippen LogP contribution is 2.27. The molecular formula is C21H19F3N4O2S. The molecule has 0 aliphatic heterocycles. The summed E-state index contributed by atoms with van der Waals surface area (Å²) in [6, 6.07) is 8.87. The minimum atomic E-state index is -0.832. The fraction of sp³-hybridized carbons (Fsp3) is 0.190. The van der Waals surface area contributed by atoms with Crippen molar-refractivity contribution in [2.24, 2.45) is 0 Å². The molecule has 1 amide bonds. The molecule has 10 heteroatoms. The van der Waals surface area contributed by atoms with Crippen molar-refractivity contribution in [3.8, 4) is 5.75 Å². The third kappa shape index (κ3) is 5.66. The zero-order valence-corrected chi connectivity index (χ0v) is 17.3. The van der Waals surface area contributed by atoms with Gasteiger partial charge in [-0.2, -0.15) is 0 Å². The molecule has 0 saturated heterocycles. The van der Waals surface area contributed by atoms with Gasteiger partial charge in [0.05, 0.1) is 11.4 Å². The lowest BCUT2D eigenvalue weighted by atomic mass is 10.3. The minimum absolute atomic E-state index is 0.0363. The first-order valence-corrected chi connectivity index (χ1v) is 10.2. The molecule has 0 bridgehead atoms. The second-order valence-corrected chi connectivity index (χ2v) is 7.33. The number of amides is 1. The van der Waals surface area contributed by atoms with Gasteiger partial charge in [0.15, 0.2) is 28.7 Å². The van der Waals surface area contributed by atoms with Gasteiger partial charge in [0.1, 0.15) is 11.6 Å². The number of thioether (sulfide) groups is 1. The van der Waals surface area contributed by atoms with Crippen molar-refractivity contribution >= 4 is 23.4 Å². The van der Waals surface area contributed by atoms with Gasteiger partial charge in [0.25, 0.3) is 0 Å². The van der Waals surface area contributed by atoms with Gasteiger partial charge in [-0.15, -0.1) is 16.8 Å². The van der Waals surface area contributed by atoms with E-state index in [0.717, 1.165) is 23.9 Å². The molecule has 6 nitrogen and oxygen atoms in total. The Bertz CT molecular complexity index is 1090. The Labute approximate surface area is 181 Å². The van der Waals surface area contributed by atoms with Gasteiger partial charge in [-0.05, 0) is 31.2 Å². The fourth-order valence-corrected chi connectivity index (χ4v) is 3.46. The van der Waals surface area contributed by atoms with E-state index in [-0.39, 0.29) is 17.2 Å². The molecule has 0 fully saturated rings. The number of hydrogen-bond donors (Lipinski definition) is 1. The molecule has 0 aliphatic carbocycles. The SMILES string of the molecule is C=CCn1c(SCC(=O)Nc2ccccc2F)nnc1C(C)Oc1ccc(F)cc1F. The number of hydrogen-bond acceptors (Lipinski definition) is 5. The Morgan fingerprint density at radius 1 is 1.23 bits per heavy atom. The molecule has 1 N–H and O–H groups in total. The highest BCUT2D eigenvalue weighted by Gasteiger charge is 2.21. The highest BCUT2D eigenvalue weighted by molar-refractivity contribution is 7.99. The molecule has 0 saturated carbocycles. The number of allylic oxidation sites excluding steroid dienone is 1. The first-order chi connectivity index (χ1) is 14.9. The van der Waals surface area contributed by atoms with Crippen molar-refractivity contribution in [2.75, 3.05) is 11.1 Å². The maximum absolute atomic E-state index is 13.9. The highest BCUT2D eigenvalue weighted by atomic mass is 32.2. The zero-order chi connectivity index (χ0) is 22.4. The zero-order valence-electron chi connectivity index (χ0n) is 16.5. The number of anilines is 1. The van der Waals surface area contributed by atoms with E-state index in [4.69, 9.17) is 4.74 Å². The van der Waals surface area contributed by atoms with Gasteiger partial charge in [0.2, 0.25) is 5.91 Å². The van der Waals surface area contributed by atoms with Crippen LogP contribution in [0, 0.1) is 17.5 Å². The van der Waals surface area contributed by atoms with Crippen LogP contribution < -0.4 is 10.1 Å². The van der Waals surface area contributed by atoms with Crippen LogP contribution in [0.5, 0.6) is 5.75 Å². The standard InChI is InChI=1S/C21H19F3N4O2S/c1-3-10-28-20(13(2)30-18-9-8-14(22)11-16(18)24)26-27-21(28)31-12-19(29)25-17-7-5-4-6-15(17)23/h3-9,11,13H,1,10,12H2,2H3,(H,25,29). The molecule has 0 aliphatic rings. The monoisotopic (exact) mass is 448 g/mol. The maximum Gasteiger partial charge on any atom is 0.234 e. The number of ether oxygens (including phenoxy) is 1. The van der Waals surface area contributed by atoms with Crippen LogP contribution in [0.15, 0.2) is 60.3 Å². The van der Waals surface area contributed by atoms with Crippen LogP contribution in [0.1, 0.15) is 18.9 Å². The van der Waals surface area contributed by atoms with E-state index in [1.165, 1.54) is 24.3 Å². The molecular weight excluding hydrogens is 429 g/mol. The summed E-state index contributed by atoms with van der Waals surface area (Å²) in [5, 5.41) is 11.1. The normalized spacial score (nSPS) is 11.7. The molecule has 1 heterocycles. The van der Waals surface area contributed by atoms with Crippen LogP contribution in [0.4, 0.5) is 18.9 Å². The number of carbonyl (C=O) groups excluding carboxylic acids is 1. The molecule has 1 atom stereocenters. The van der Waals surface area contributed by atoms with Crippen LogP contribution in [-0.2, 0) is 11.3 Å². The summed E-state index contributed by atoms with van der Waals surface area (Å²) in [5.74, 6) is -2.27. The summed E-state index contributed by atoms with van der Waals surface area (Å²) >= 11 is 1.10. The fourth-order valence-electron chi connectivity index (χ4n) is 2.70. The molecule has 0 radical (unpaired) electrons. The number of benzene rings is 2. The lowest BCUT2D eigenvalue weighted by molar-refractivity contribution is -0.113. The predicted molar refractivity (Wildman–Crippen MR) is 111 cm³/mol. The number of aromatic nitrogens is 3. The Morgan fingerprint density at radius 3 is 2.71 bits per heavy atom. The minimum Gasteiger partial charge on any atom is -0.480 e. The number of rotatable bonds is 9. The van der Waals surface area contributed by atoms with Gasteiger partial charge in [-0.3, -0.25) is 9.36 Å². The van der Waals surface area contributed by atoms with E-state index in [9.17, 15) is 18.0 Å². The average molecular weight is 448 g/mol. The smallest absolute Gasteiger partial charge is 0.234 e. The summed E-state index contributed by atoms with van der Waals surface area (Å²) in [5.41, 5.74) is 0.0877. The number of nitrogens with zero attached hydrogens (tertiary/aromatic N) is 3. The summed E-state index contributed by atoms with van der Waals surface area (Å²) in [7, 11) is 0. The second kappa shape index (κ2) is 10.2. The van der Waals surface area contributed by atoms with E-state index in [1.54, 1.807) is 23.6 Å². The van der Waals surface area contributed by atoms with E-state index >= 15 is 0 Å². The number of nitrogens with one attached hydrogen (secondary N) is 1. The summed E-state index contributed by atoms with van der Waals surface area (Å²) in [6.45, 7) is 5.66. The summed E-state index contributed by atoms with van der Waals surface area (Å²) < 4.78 is 47.9. The molecule has 31 heavy (non-hydrogen) atoms. The van der Waals surface area contributed by atoms with Crippen molar-refractivity contribution < 1.29 is 22.7 Å². The lowest BCUT2D eigenvalue weighted by Crippen LogP contribution is -2.16. The van der Waals surface area contributed by atoms with Crippen LogP contribution in [0.25, 0.3) is 0 Å². The molecule has 1 aromatic heterocycles. The van der Waals surface area contributed by atoms with Crippen molar-refractivity contribution in [1.29, 1.82) is 0 Å². The lowest BCUT2D eigenvalue weighted by Gasteiger charge is -2.16.